The minimum Gasteiger partial charge on any atom is -0.345 e. The SMILES string of the molecule is C[C@H](NC(=O)Cn1ccc2ccccc21)c1nnnn1-c1ccccc1. The summed E-state index contributed by atoms with van der Waals surface area (Å²) in [6.45, 7) is 2.11. The van der Waals surface area contributed by atoms with Crippen molar-refractivity contribution in [3.8, 4) is 5.69 Å². The normalized spacial score (nSPS) is 12.2. The van der Waals surface area contributed by atoms with E-state index in [-0.39, 0.29) is 18.5 Å². The summed E-state index contributed by atoms with van der Waals surface area (Å²) in [5.74, 6) is 0.489. The smallest absolute Gasteiger partial charge is 0.240 e. The van der Waals surface area contributed by atoms with Crippen LogP contribution in [-0.4, -0.2) is 30.7 Å². The quantitative estimate of drug-likeness (QED) is 0.602. The monoisotopic (exact) mass is 346 g/mol. The highest BCUT2D eigenvalue weighted by atomic mass is 16.2. The van der Waals surface area contributed by atoms with Gasteiger partial charge in [-0.2, -0.15) is 4.68 Å². The number of benzene rings is 2. The number of nitrogens with one attached hydrogen (secondary N) is 1. The molecule has 0 saturated carbocycles. The number of carbonyl (C=O) groups excluding carboxylic acids is 1. The highest BCUT2D eigenvalue weighted by Crippen LogP contribution is 2.16. The summed E-state index contributed by atoms with van der Waals surface area (Å²) in [5.41, 5.74) is 1.88. The van der Waals surface area contributed by atoms with Crippen molar-refractivity contribution >= 4 is 16.8 Å². The minimum absolute atomic E-state index is 0.0959. The summed E-state index contributed by atoms with van der Waals surface area (Å²) in [4.78, 5) is 12.5. The van der Waals surface area contributed by atoms with Crippen LogP contribution in [0.25, 0.3) is 16.6 Å². The van der Waals surface area contributed by atoms with Gasteiger partial charge in [-0.15, -0.1) is 5.10 Å². The van der Waals surface area contributed by atoms with Gasteiger partial charge in [-0.1, -0.05) is 36.4 Å². The Bertz CT molecular complexity index is 1040. The maximum absolute atomic E-state index is 12.5. The first kappa shape index (κ1) is 16.0. The summed E-state index contributed by atoms with van der Waals surface area (Å²) in [7, 11) is 0. The van der Waals surface area contributed by atoms with Crippen molar-refractivity contribution in [3.63, 3.8) is 0 Å². The van der Waals surface area contributed by atoms with Crippen molar-refractivity contribution in [1.29, 1.82) is 0 Å². The summed E-state index contributed by atoms with van der Waals surface area (Å²) in [6.07, 6.45) is 1.92. The van der Waals surface area contributed by atoms with E-state index in [1.165, 1.54) is 0 Å². The van der Waals surface area contributed by atoms with Gasteiger partial charge in [0.1, 0.15) is 6.54 Å². The molecule has 2 heterocycles. The van der Waals surface area contributed by atoms with E-state index in [4.69, 9.17) is 0 Å². The standard InChI is InChI=1S/C19H18N6O/c1-14(19-21-22-23-25(19)16-8-3-2-4-9-16)20-18(26)13-24-12-11-15-7-5-6-10-17(15)24/h2-12,14H,13H2,1H3,(H,20,26)/t14-/m0/s1. The summed E-state index contributed by atoms with van der Waals surface area (Å²) in [6, 6.07) is 19.3. The molecule has 0 spiro atoms. The fourth-order valence-corrected chi connectivity index (χ4v) is 3.00. The number of fused-ring (bicyclic) bond motifs is 1. The highest BCUT2D eigenvalue weighted by Gasteiger charge is 2.18. The Morgan fingerprint density at radius 3 is 2.69 bits per heavy atom. The summed E-state index contributed by atoms with van der Waals surface area (Å²) in [5, 5.41) is 15.9. The maximum Gasteiger partial charge on any atom is 0.240 e. The predicted molar refractivity (Wildman–Crippen MR) is 97.6 cm³/mol. The maximum atomic E-state index is 12.5. The molecule has 0 fully saturated rings. The third kappa shape index (κ3) is 3.06. The van der Waals surface area contributed by atoms with Crippen LogP contribution in [-0.2, 0) is 11.3 Å². The molecule has 7 heteroatoms. The molecular weight excluding hydrogens is 328 g/mol. The molecule has 0 unspecified atom stereocenters. The van der Waals surface area contributed by atoms with E-state index in [0.29, 0.717) is 5.82 Å². The van der Waals surface area contributed by atoms with E-state index in [2.05, 4.69) is 20.8 Å². The first-order valence-corrected chi connectivity index (χ1v) is 8.39. The number of nitrogens with zero attached hydrogens (tertiary/aromatic N) is 5. The average molecular weight is 346 g/mol. The van der Waals surface area contributed by atoms with Gasteiger partial charge in [0.25, 0.3) is 0 Å². The first-order chi connectivity index (χ1) is 12.7. The van der Waals surface area contributed by atoms with Crippen LogP contribution in [0.15, 0.2) is 66.9 Å². The lowest BCUT2D eigenvalue weighted by molar-refractivity contribution is -0.122. The van der Waals surface area contributed by atoms with E-state index in [0.717, 1.165) is 16.6 Å². The van der Waals surface area contributed by atoms with E-state index in [1.807, 2.05) is 78.4 Å². The molecule has 1 amide bonds. The molecule has 0 radical (unpaired) electrons. The van der Waals surface area contributed by atoms with Gasteiger partial charge in [0.2, 0.25) is 5.91 Å². The zero-order chi connectivity index (χ0) is 17.9. The fourth-order valence-electron chi connectivity index (χ4n) is 3.00. The molecule has 130 valence electrons. The van der Waals surface area contributed by atoms with E-state index < -0.39 is 0 Å². The molecule has 1 N–H and O–H groups in total. The lowest BCUT2D eigenvalue weighted by atomic mass is 10.2. The number of hydrogen-bond acceptors (Lipinski definition) is 4. The van der Waals surface area contributed by atoms with Gasteiger partial charge < -0.3 is 9.88 Å². The minimum atomic E-state index is -0.320. The van der Waals surface area contributed by atoms with Crippen LogP contribution in [0.5, 0.6) is 0 Å². The van der Waals surface area contributed by atoms with Crippen molar-refractivity contribution in [3.05, 3.63) is 72.7 Å². The van der Waals surface area contributed by atoms with Crippen LogP contribution in [0.2, 0.25) is 0 Å². The van der Waals surface area contributed by atoms with Gasteiger partial charge in [-0.25, -0.2) is 0 Å². The van der Waals surface area contributed by atoms with E-state index in [9.17, 15) is 4.79 Å². The second-order valence-corrected chi connectivity index (χ2v) is 6.08. The van der Waals surface area contributed by atoms with Crippen LogP contribution in [0.4, 0.5) is 0 Å². The van der Waals surface area contributed by atoms with Gasteiger partial charge in [-0.3, -0.25) is 4.79 Å². The Balaban J connectivity index is 1.49. The molecule has 0 aliphatic carbocycles. The number of para-hydroxylation sites is 2. The van der Waals surface area contributed by atoms with Crippen LogP contribution < -0.4 is 5.32 Å². The fraction of sp³-hybridized carbons (Fsp3) is 0.158. The van der Waals surface area contributed by atoms with Gasteiger partial charge >= 0.3 is 0 Å². The third-order valence-electron chi connectivity index (χ3n) is 4.25. The summed E-state index contributed by atoms with van der Waals surface area (Å²) < 4.78 is 3.56. The van der Waals surface area contributed by atoms with Crippen LogP contribution in [0.1, 0.15) is 18.8 Å². The van der Waals surface area contributed by atoms with E-state index >= 15 is 0 Å². The molecule has 2 aromatic carbocycles. The topological polar surface area (TPSA) is 77.6 Å². The van der Waals surface area contributed by atoms with E-state index in [1.54, 1.807) is 4.68 Å². The summed E-state index contributed by atoms with van der Waals surface area (Å²) >= 11 is 0. The zero-order valence-electron chi connectivity index (χ0n) is 14.3. The second-order valence-electron chi connectivity index (χ2n) is 6.08. The van der Waals surface area contributed by atoms with Gasteiger partial charge in [-0.05, 0) is 47.0 Å². The Morgan fingerprint density at radius 2 is 1.85 bits per heavy atom. The second kappa shape index (κ2) is 6.79. The molecule has 4 aromatic rings. The molecule has 26 heavy (non-hydrogen) atoms. The zero-order valence-corrected chi connectivity index (χ0v) is 14.3. The molecule has 0 aliphatic rings. The van der Waals surface area contributed by atoms with Gasteiger partial charge in [0, 0.05) is 11.7 Å². The molecular formula is C19H18N6O. The Kier molecular flexibility index (Phi) is 4.18. The van der Waals surface area contributed by atoms with Crippen LogP contribution in [0.3, 0.4) is 0 Å². The molecule has 4 rings (SSSR count). The molecule has 2 aromatic heterocycles. The highest BCUT2D eigenvalue weighted by molar-refractivity contribution is 5.83. The van der Waals surface area contributed by atoms with Crippen molar-refractivity contribution < 1.29 is 4.79 Å². The largest absolute Gasteiger partial charge is 0.345 e. The van der Waals surface area contributed by atoms with Crippen molar-refractivity contribution in [2.75, 3.05) is 0 Å². The van der Waals surface area contributed by atoms with Crippen molar-refractivity contribution in [1.82, 2.24) is 30.1 Å². The average Bonchev–Trinajstić information content (AvgIpc) is 3.30. The molecule has 7 nitrogen and oxygen atoms in total. The van der Waals surface area contributed by atoms with Gasteiger partial charge in [0.15, 0.2) is 5.82 Å². The molecule has 1 atom stereocenters. The molecule has 0 aliphatic heterocycles. The first-order valence-electron chi connectivity index (χ1n) is 8.39. The Hall–Kier alpha value is -3.48. The number of rotatable bonds is 5. The number of amides is 1. The lowest BCUT2D eigenvalue weighted by Crippen LogP contribution is -2.31. The number of tetrazole rings is 1. The Morgan fingerprint density at radius 1 is 1.08 bits per heavy atom. The number of hydrogen-bond donors (Lipinski definition) is 1. The van der Waals surface area contributed by atoms with Gasteiger partial charge in [0.05, 0.1) is 11.7 Å². The number of aromatic nitrogens is 5. The predicted octanol–water partition coefficient (Wildman–Crippen LogP) is 2.49. The third-order valence-corrected chi connectivity index (χ3v) is 4.25. The van der Waals surface area contributed by atoms with Crippen molar-refractivity contribution in [2.24, 2.45) is 0 Å². The molecule has 0 saturated heterocycles. The van der Waals surface area contributed by atoms with Crippen LogP contribution in [0, 0.1) is 0 Å². The van der Waals surface area contributed by atoms with Crippen molar-refractivity contribution in [2.45, 2.75) is 19.5 Å². The lowest BCUT2D eigenvalue weighted by Gasteiger charge is -2.14. The number of carbonyl (C=O) groups is 1. The molecule has 0 bridgehead atoms. The van der Waals surface area contributed by atoms with Crippen LogP contribution >= 0.6 is 0 Å². The Labute approximate surface area is 150 Å².